The van der Waals surface area contributed by atoms with Crippen LogP contribution in [0, 0.1) is 0 Å². The predicted octanol–water partition coefficient (Wildman–Crippen LogP) is 4.16. The molecule has 1 aliphatic heterocycles. The summed E-state index contributed by atoms with van der Waals surface area (Å²) in [4.78, 5) is 14.8. The van der Waals surface area contributed by atoms with E-state index in [9.17, 15) is 4.79 Å². The van der Waals surface area contributed by atoms with Gasteiger partial charge in [-0.05, 0) is 54.8 Å². The van der Waals surface area contributed by atoms with E-state index in [0.29, 0.717) is 5.92 Å². The molecule has 0 saturated heterocycles. The normalized spacial score (nSPS) is 15.1. The number of nitrogens with zero attached hydrogens (tertiary/aromatic N) is 1. The maximum absolute atomic E-state index is 12.6. The van der Waals surface area contributed by atoms with Gasteiger partial charge < -0.3 is 10.1 Å². The Hall–Kier alpha value is -2.33. The van der Waals surface area contributed by atoms with Crippen LogP contribution in [0.4, 0.5) is 5.69 Å². The van der Waals surface area contributed by atoms with Crippen molar-refractivity contribution in [3.63, 3.8) is 0 Å². The number of benzene rings is 2. The number of fused-ring (bicyclic) bond motifs is 1. The summed E-state index contributed by atoms with van der Waals surface area (Å²) in [7, 11) is 2.08. The minimum absolute atomic E-state index is 0.127. The number of carbonyl (C=O) groups is 1. The number of hydrogen-bond acceptors (Lipinski definition) is 3. The summed E-state index contributed by atoms with van der Waals surface area (Å²) < 4.78 is 5.86. The molecule has 0 bridgehead atoms. The number of ether oxygens (including phenoxy) is 1. The molecule has 1 heterocycles. The average molecular weight is 338 g/mol. The van der Waals surface area contributed by atoms with E-state index in [1.165, 1.54) is 16.7 Å². The van der Waals surface area contributed by atoms with Crippen molar-refractivity contribution >= 4 is 11.6 Å². The smallest absolute Gasteiger partial charge is 0.265 e. The fraction of sp³-hybridized carbons (Fsp3) is 0.381. The highest BCUT2D eigenvalue weighted by Crippen LogP contribution is 2.28. The molecular weight excluding hydrogens is 312 g/mol. The van der Waals surface area contributed by atoms with E-state index >= 15 is 0 Å². The topological polar surface area (TPSA) is 41.6 Å². The van der Waals surface area contributed by atoms with Crippen LogP contribution in [-0.4, -0.2) is 24.0 Å². The Kier molecular flexibility index (Phi) is 5.09. The second-order valence-electron chi connectivity index (χ2n) is 7.09. The lowest BCUT2D eigenvalue weighted by Gasteiger charge is -2.17. The summed E-state index contributed by atoms with van der Waals surface area (Å²) >= 11 is 0. The third-order valence-corrected chi connectivity index (χ3v) is 4.61. The zero-order valence-electron chi connectivity index (χ0n) is 15.4. The number of nitrogens with one attached hydrogen (secondary N) is 1. The molecule has 0 aromatic heterocycles. The third-order valence-electron chi connectivity index (χ3n) is 4.61. The highest BCUT2D eigenvalue weighted by Gasteiger charge is 2.21. The number of anilines is 1. The Balaban J connectivity index is 1.68. The summed E-state index contributed by atoms with van der Waals surface area (Å²) in [5.41, 5.74) is 4.57. The van der Waals surface area contributed by atoms with Gasteiger partial charge in [-0.3, -0.25) is 9.69 Å². The first-order valence-corrected chi connectivity index (χ1v) is 8.81. The largest absolute Gasteiger partial charge is 0.481 e. The van der Waals surface area contributed by atoms with E-state index in [4.69, 9.17) is 4.74 Å². The van der Waals surface area contributed by atoms with E-state index in [0.717, 1.165) is 24.5 Å². The Morgan fingerprint density at radius 1 is 1.12 bits per heavy atom. The maximum Gasteiger partial charge on any atom is 0.265 e. The van der Waals surface area contributed by atoms with Gasteiger partial charge in [0, 0.05) is 18.8 Å². The number of hydrogen-bond donors (Lipinski definition) is 1. The summed E-state index contributed by atoms with van der Waals surface area (Å²) in [5.74, 6) is 1.03. The molecule has 0 saturated carbocycles. The Bertz CT molecular complexity index is 770. The van der Waals surface area contributed by atoms with Crippen LogP contribution in [0.1, 0.15) is 43.4 Å². The van der Waals surface area contributed by atoms with Crippen molar-refractivity contribution in [3.05, 3.63) is 59.2 Å². The van der Waals surface area contributed by atoms with Crippen LogP contribution in [0.3, 0.4) is 0 Å². The molecule has 132 valence electrons. The van der Waals surface area contributed by atoms with Crippen LogP contribution in [0.25, 0.3) is 0 Å². The van der Waals surface area contributed by atoms with Gasteiger partial charge in [0.05, 0.1) is 0 Å². The SMILES string of the molecule is CC(C)c1cccc(O[C@@H](C)C(=O)Nc2cccc3c2CN(C)C3)c1. The van der Waals surface area contributed by atoms with E-state index < -0.39 is 6.10 Å². The van der Waals surface area contributed by atoms with Crippen LogP contribution in [0.2, 0.25) is 0 Å². The van der Waals surface area contributed by atoms with Crippen molar-refractivity contribution in [2.24, 2.45) is 0 Å². The first kappa shape index (κ1) is 17.5. The molecule has 25 heavy (non-hydrogen) atoms. The number of rotatable bonds is 5. The Morgan fingerprint density at radius 2 is 1.88 bits per heavy atom. The van der Waals surface area contributed by atoms with E-state index in [1.54, 1.807) is 6.92 Å². The van der Waals surface area contributed by atoms with Crippen molar-refractivity contribution < 1.29 is 9.53 Å². The van der Waals surface area contributed by atoms with Crippen LogP contribution in [-0.2, 0) is 17.9 Å². The van der Waals surface area contributed by atoms with Crippen molar-refractivity contribution in [2.45, 2.75) is 45.9 Å². The highest BCUT2D eigenvalue weighted by molar-refractivity contribution is 5.95. The average Bonchev–Trinajstić information content (AvgIpc) is 2.96. The molecule has 3 rings (SSSR count). The number of amides is 1. The molecule has 2 aromatic rings. The highest BCUT2D eigenvalue weighted by atomic mass is 16.5. The van der Waals surface area contributed by atoms with Crippen molar-refractivity contribution in [3.8, 4) is 5.75 Å². The molecule has 0 radical (unpaired) electrons. The lowest BCUT2D eigenvalue weighted by Crippen LogP contribution is -2.30. The summed E-state index contributed by atoms with van der Waals surface area (Å²) in [5, 5.41) is 3.03. The minimum Gasteiger partial charge on any atom is -0.481 e. The molecule has 1 amide bonds. The van der Waals surface area contributed by atoms with Crippen LogP contribution < -0.4 is 10.1 Å². The van der Waals surface area contributed by atoms with Gasteiger partial charge in [0.25, 0.3) is 5.91 Å². The standard InChI is InChI=1S/C21H26N2O2/c1-14(2)16-7-5-9-18(11-16)25-15(3)21(24)22-20-10-6-8-17-12-23(4)13-19(17)20/h5-11,14-15H,12-13H2,1-4H3,(H,22,24)/t15-/m0/s1. The van der Waals surface area contributed by atoms with Gasteiger partial charge in [0.2, 0.25) is 0 Å². The quantitative estimate of drug-likeness (QED) is 0.890. The van der Waals surface area contributed by atoms with Gasteiger partial charge in [-0.25, -0.2) is 0 Å². The van der Waals surface area contributed by atoms with Gasteiger partial charge in [0.15, 0.2) is 6.10 Å². The molecule has 0 aliphatic carbocycles. The molecule has 0 unspecified atom stereocenters. The van der Waals surface area contributed by atoms with E-state index in [-0.39, 0.29) is 5.91 Å². The zero-order valence-corrected chi connectivity index (χ0v) is 15.4. The van der Waals surface area contributed by atoms with Gasteiger partial charge in [0.1, 0.15) is 5.75 Å². The van der Waals surface area contributed by atoms with E-state index in [2.05, 4.69) is 43.2 Å². The fourth-order valence-electron chi connectivity index (χ4n) is 3.14. The van der Waals surface area contributed by atoms with Gasteiger partial charge in [-0.15, -0.1) is 0 Å². The lowest BCUT2D eigenvalue weighted by atomic mass is 10.0. The second-order valence-corrected chi connectivity index (χ2v) is 7.09. The minimum atomic E-state index is -0.558. The van der Waals surface area contributed by atoms with Crippen molar-refractivity contribution in [1.82, 2.24) is 4.90 Å². The Morgan fingerprint density at radius 3 is 2.64 bits per heavy atom. The maximum atomic E-state index is 12.6. The molecule has 4 nitrogen and oxygen atoms in total. The van der Waals surface area contributed by atoms with E-state index in [1.807, 2.05) is 30.3 Å². The molecule has 4 heteroatoms. The monoisotopic (exact) mass is 338 g/mol. The molecule has 0 spiro atoms. The van der Waals surface area contributed by atoms with Crippen LogP contribution in [0.5, 0.6) is 5.75 Å². The molecule has 1 N–H and O–H groups in total. The zero-order chi connectivity index (χ0) is 18.0. The first-order chi connectivity index (χ1) is 11.9. The second kappa shape index (κ2) is 7.28. The van der Waals surface area contributed by atoms with Crippen molar-refractivity contribution in [1.29, 1.82) is 0 Å². The van der Waals surface area contributed by atoms with Crippen LogP contribution in [0.15, 0.2) is 42.5 Å². The summed E-state index contributed by atoms with van der Waals surface area (Å²) in [6, 6.07) is 14.0. The van der Waals surface area contributed by atoms with Gasteiger partial charge in [-0.1, -0.05) is 38.1 Å². The summed E-state index contributed by atoms with van der Waals surface area (Å²) in [6.45, 7) is 7.85. The molecule has 1 atom stereocenters. The Labute approximate surface area is 149 Å². The predicted molar refractivity (Wildman–Crippen MR) is 101 cm³/mol. The first-order valence-electron chi connectivity index (χ1n) is 8.81. The molecule has 2 aromatic carbocycles. The fourth-order valence-corrected chi connectivity index (χ4v) is 3.14. The lowest BCUT2D eigenvalue weighted by molar-refractivity contribution is -0.122. The van der Waals surface area contributed by atoms with Gasteiger partial charge in [-0.2, -0.15) is 0 Å². The third kappa shape index (κ3) is 4.02. The molecule has 0 fully saturated rings. The summed E-state index contributed by atoms with van der Waals surface area (Å²) in [6.07, 6.45) is -0.558. The number of carbonyl (C=O) groups excluding carboxylic acids is 1. The van der Waals surface area contributed by atoms with Crippen LogP contribution >= 0.6 is 0 Å². The van der Waals surface area contributed by atoms with Gasteiger partial charge >= 0.3 is 0 Å². The molecule has 1 aliphatic rings. The molecular formula is C21H26N2O2. The van der Waals surface area contributed by atoms with Crippen molar-refractivity contribution in [2.75, 3.05) is 12.4 Å².